The molecule has 7 rings (SSSR count). The molecule has 4 aromatic rings. The Morgan fingerprint density at radius 3 is 2.22 bits per heavy atom. The lowest BCUT2D eigenvalue weighted by Crippen LogP contribution is -2.56. The number of rotatable bonds is 10. The molecule has 11 nitrogen and oxygen atoms in total. The van der Waals surface area contributed by atoms with E-state index in [-0.39, 0.29) is 29.4 Å². The highest BCUT2D eigenvalue weighted by atomic mass is 16.5. The van der Waals surface area contributed by atoms with Crippen LogP contribution in [0.4, 0.5) is 11.4 Å². The normalized spacial score (nSPS) is 18.0. The maximum Gasteiger partial charge on any atom is 0.287 e. The molecule has 11 heteroatoms. The van der Waals surface area contributed by atoms with E-state index in [1.807, 2.05) is 79.0 Å². The van der Waals surface area contributed by atoms with E-state index in [2.05, 4.69) is 30.0 Å². The zero-order valence-electron chi connectivity index (χ0n) is 29.0. The Labute approximate surface area is 293 Å². The minimum Gasteiger partial charge on any atom is -0.380 e. The molecule has 50 heavy (non-hydrogen) atoms. The summed E-state index contributed by atoms with van der Waals surface area (Å²) in [7, 11) is 5.27. The molecule has 3 aromatic carbocycles. The first kappa shape index (κ1) is 33.5. The third-order valence-corrected chi connectivity index (χ3v) is 10.5. The minimum atomic E-state index is -0.201. The van der Waals surface area contributed by atoms with Crippen LogP contribution in [0.3, 0.4) is 0 Å². The summed E-state index contributed by atoms with van der Waals surface area (Å²) in [6.07, 6.45) is 6.33. The van der Waals surface area contributed by atoms with E-state index in [4.69, 9.17) is 4.74 Å². The fourth-order valence-electron chi connectivity index (χ4n) is 7.45. The van der Waals surface area contributed by atoms with E-state index >= 15 is 0 Å². The summed E-state index contributed by atoms with van der Waals surface area (Å²) in [6, 6.07) is 23.1. The summed E-state index contributed by atoms with van der Waals surface area (Å²) >= 11 is 0. The first-order chi connectivity index (χ1) is 24.2. The molecule has 1 unspecified atom stereocenters. The van der Waals surface area contributed by atoms with Gasteiger partial charge in [-0.1, -0.05) is 24.3 Å². The van der Waals surface area contributed by atoms with E-state index in [1.54, 1.807) is 26.1 Å². The molecule has 0 radical (unpaired) electrons. The lowest BCUT2D eigenvalue weighted by atomic mass is 9.72. The highest BCUT2D eigenvalue weighted by Crippen LogP contribution is 2.49. The third-order valence-electron chi connectivity index (χ3n) is 10.5. The summed E-state index contributed by atoms with van der Waals surface area (Å²) in [6.45, 7) is 4.42. The van der Waals surface area contributed by atoms with Crippen molar-refractivity contribution in [1.82, 2.24) is 24.7 Å². The third kappa shape index (κ3) is 6.63. The van der Waals surface area contributed by atoms with Crippen molar-refractivity contribution in [1.29, 1.82) is 0 Å². The molecule has 1 aromatic heterocycles. The Hall–Kier alpha value is -5.00. The number of fused-ring (bicyclic) bond motifs is 2. The molecule has 1 atom stereocenters. The maximum absolute atomic E-state index is 13.4. The van der Waals surface area contributed by atoms with Crippen LogP contribution in [0.25, 0.3) is 0 Å². The van der Waals surface area contributed by atoms with Crippen molar-refractivity contribution in [3.63, 3.8) is 0 Å². The fraction of sp³-hybridized carbons (Fsp3) is 0.385. The summed E-state index contributed by atoms with van der Waals surface area (Å²) in [5.41, 5.74) is 6.11. The van der Waals surface area contributed by atoms with Crippen molar-refractivity contribution < 1.29 is 19.1 Å². The lowest BCUT2D eigenvalue weighted by molar-refractivity contribution is -0.0217. The smallest absolute Gasteiger partial charge is 0.287 e. The number of amides is 3. The SMILES string of the molecule is COC1CCN(c2ccc(C(=O)Nc3ccc(CNC(=O)c4ncc5n4CCN(Cc4ccc(C(=O)N(C)C)cc4)C54CCC4)cc3)cc2)C1. The molecule has 2 fully saturated rings. The summed E-state index contributed by atoms with van der Waals surface area (Å²) in [5, 5.41) is 6.01. The van der Waals surface area contributed by atoms with Gasteiger partial charge in [0.2, 0.25) is 0 Å². The zero-order chi connectivity index (χ0) is 34.8. The molecule has 2 N–H and O–H groups in total. The first-order valence-corrected chi connectivity index (χ1v) is 17.4. The number of carbonyl (C=O) groups is 3. The number of carbonyl (C=O) groups excluding carboxylic acids is 3. The number of methoxy groups -OCH3 is 1. The molecule has 1 saturated carbocycles. The van der Waals surface area contributed by atoms with Gasteiger partial charge in [0.1, 0.15) is 0 Å². The molecule has 1 spiro atoms. The van der Waals surface area contributed by atoms with Gasteiger partial charge in [-0.25, -0.2) is 4.98 Å². The Bertz CT molecular complexity index is 1850. The number of aromatic nitrogens is 2. The predicted octanol–water partition coefficient (Wildman–Crippen LogP) is 4.89. The van der Waals surface area contributed by atoms with Crippen LogP contribution in [0.15, 0.2) is 79.0 Å². The predicted molar refractivity (Wildman–Crippen MR) is 192 cm³/mol. The van der Waals surface area contributed by atoms with Crippen molar-refractivity contribution >= 4 is 29.1 Å². The average molecular weight is 676 g/mol. The van der Waals surface area contributed by atoms with Crippen LogP contribution in [0, 0.1) is 0 Å². The van der Waals surface area contributed by atoms with Gasteiger partial charge in [0, 0.05) is 83.0 Å². The number of anilines is 2. The highest BCUT2D eigenvalue weighted by Gasteiger charge is 2.49. The average Bonchev–Trinajstić information content (AvgIpc) is 3.79. The van der Waals surface area contributed by atoms with Gasteiger partial charge in [0.05, 0.1) is 23.5 Å². The number of imidazole rings is 1. The van der Waals surface area contributed by atoms with E-state index in [0.29, 0.717) is 35.7 Å². The van der Waals surface area contributed by atoms with Gasteiger partial charge in [-0.2, -0.15) is 0 Å². The Morgan fingerprint density at radius 1 is 0.880 bits per heavy atom. The monoisotopic (exact) mass is 675 g/mol. The highest BCUT2D eigenvalue weighted by molar-refractivity contribution is 6.04. The molecule has 3 amide bonds. The molecule has 1 aliphatic carbocycles. The molecule has 1 saturated heterocycles. The number of nitrogens with one attached hydrogen (secondary N) is 2. The van der Waals surface area contributed by atoms with E-state index < -0.39 is 0 Å². The van der Waals surface area contributed by atoms with Gasteiger partial charge in [0.15, 0.2) is 5.82 Å². The Morgan fingerprint density at radius 2 is 1.58 bits per heavy atom. The number of nitrogens with zero attached hydrogens (tertiary/aromatic N) is 5. The zero-order valence-corrected chi connectivity index (χ0v) is 29.0. The van der Waals surface area contributed by atoms with Crippen molar-refractivity contribution in [3.8, 4) is 0 Å². The second-order valence-corrected chi connectivity index (χ2v) is 13.8. The summed E-state index contributed by atoms with van der Waals surface area (Å²) in [5.74, 6) is 0.0657. The summed E-state index contributed by atoms with van der Waals surface area (Å²) in [4.78, 5) is 49.6. The maximum atomic E-state index is 13.4. The van der Waals surface area contributed by atoms with Gasteiger partial charge in [-0.15, -0.1) is 0 Å². The van der Waals surface area contributed by atoms with Gasteiger partial charge in [0.25, 0.3) is 17.7 Å². The molecular weight excluding hydrogens is 630 g/mol. The van der Waals surface area contributed by atoms with Crippen molar-refractivity contribution in [2.45, 2.75) is 57.0 Å². The molecular formula is C39H45N7O4. The number of hydrogen-bond donors (Lipinski definition) is 2. The first-order valence-electron chi connectivity index (χ1n) is 17.4. The van der Waals surface area contributed by atoms with E-state index in [1.165, 1.54) is 0 Å². The largest absolute Gasteiger partial charge is 0.380 e. The van der Waals surface area contributed by atoms with Crippen LogP contribution in [0.2, 0.25) is 0 Å². The molecule has 2 aliphatic heterocycles. The Kier molecular flexibility index (Phi) is 9.44. The lowest BCUT2D eigenvalue weighted by Gasteiger charge is -2.53. The van der Waals surface area contributed by atoms with Crippen LogP contribution in [0.1, 0.15) is 73.8 Å². The molecule has 3 aliphatic rings. The van der Waals surface area contributed by atoms with Crippen LogP contribution in [-0.2, 0) is 29.9 Å². The van der Waals surface area contributed by atoms with Crippen LogP contribution < -0.4 is 15.5 Å². The number of benzene rings is 3. The van der Waals surface area contributed by atoms with Crippen molar-refractivity contribution in [2.75, 3.05) is 51.1 Å². The van der Waals surface area contributed by atoms with Crippen LogP contribution in [-0.4, -0.2) is 84.0 Å². The molecule has 3 heterocycles. The van der Waals surface area contributed by atoms with E-state index in [0.717, 1.165) is 74.4 Å². The molecule has 0 bridgehead atoms. The second-order valence-electron chi connectivity index (χ2n) is 13.8. The van der Waals surface area contributed by atoms with Gasteiger partial charge < -0.3 is 29.7 Å². The molecule has 260 valence electrons. The van der Waals surface area contributed by atoms with Crippen LogP contribution >= 0.6 is 0 Å². The van der Waals surface area contributed by atoms with Crippen LogP contribution in [0.5, 0.6) is 0 Å². The second kappa shape index (κ2) is 14.1. The van der Waals surface area contributed by atoms with Gasteiger partial charge in [-0.3, -0.25) is 19.3 Å². The number of hydrogen-bond acceptors (Lipinski definition) is 7. The summed E-state index contributed by atoms with van der Waals surface area (Å²) < 4.78 is 7.56. The topological polar surface area (TPSA) is 112 Å². The minimum absolute atomic E-state index is 0.00240. The van der Waals surface area contributed by atoms with E-state index in [9.17, 15) is 14.4 Å². The van der Waals surface area contributed by atoms with Crippen molar-refractivity contribution in [2.24, 2.45) is 0 Å². The number of ether oxygens (including phenoxy) is 1. The Balaban J connectivity index is 0.935. The quantitative estimate of drug-likeness (QED) is 0.246. The van der Waals surface area contributed by atoms with Gasteiger partial charge >= 0.3 is 0 Å². The van der Waals surface area contributed by atoms with Crippen molar-refractivity contribution in [3.05, 3.63) is 113 Å². The fourth-order valence-corrected chi connectivity index (χ4v) is 7.45. The van der Waals surface area contributed by atoms with Gasteiger partial charge in [-0.05, 0) is 85.3 Å². The standard InChI is InChI=1S/C39H45N7O4/c1-43(2)38(49)30-9-5-28(6-10-30)25-45-21-22-46-34(39(45)18-4-19-39)24-40-35(46)37(48)41-23-27-7-13-31(14-8-27)42-36(47)29-11-15-32(16-12-29)44-20-17-33(26-44)50-3/h5-16,24,33H,4,17-23,25-26H2,1-3H3,(H,41,48)(H,42,47).